The van der Waals surface area contributed by atoms with Crippen molar-refractivity contribution in [3.8, 4) is 0 Å². The molecule has 168 valence electrons. The Morgan fingerprint density at radius 2 is 2.03 bits per heavy atom. The van der Waals surface area contributed by atoms with Crippen molar-refractivity contribution < 1.29 is 4.79 Å². The van der Waals surface area contributed by atoms with E-state index in [1.807, 2.05) is 17.0 Å². The molecule has 0 radical (unpaired) electrons. The average molecular weight is 449 g/mol. The number of amides is 1. The van der Waals surface area contributed by atoms with Crippen molar-refractivity contribution in [3.05, 3.63) is 82.0 Å². The second-order valence-corrected chi connectivity index (χ2v) is 9.37. The molecule has 1 heterocycles. The van der Waals surface area contributed by atoms with Gasteiger partial charge in [-0.3, -0.25) is 4.79 Å². The van der Waals surface area contributed by atoms with E-state index in [-0.39, 0.29) is 11.8 Å². The number of benzene rings is 2. The largest absolute Gasteiger partial charge is 0.388 e. The molecule has 1 aliphatic carbocycles. The Morgan fingerprint density at radius 3 is 2.84 bits per heavy atom. The summed E-state index contributed by atoms with van der Waals surface area (Å²) in [7, 11) is 0. The zero-order valence-corrected chi connectivity index (χ0v) is 20.0. The van der Waals surface area contributed by atoms with Crippen LogP contribution in [0, 0.1) is 12.8 Å². The average Bonchev–Trinajstić information content (AvgIpc) is 3.40. The minimum absolute atomic E-state index is 0.158. The fraction of sp³-hybridized carbons (Fsp3) is 0.393. The van der Waals surface area contributed by atoms with Gasteiger partial charge in [0.05, 0.1) is 5.92 Å². The lowest BCUT2D eigenvalue weighted by molar-refractivity contribution is -0.119. The Kier molecular flexibility index (Phi) is 7.05. The maximum atomic E-state index is 13.1. The van der Waals surface area contributed by atoms with E-state index in [0.717, 1.165) is 61.6 Å². The van der Waals surface area contributed by atoms with E-state index in [1.165, 1.54) is 34.2 Å². The second kappa shape index (κ2) is 9.95. The molecule has 4 rings (SSSR count). The summed E-state index contributed by atoms with van der Waals surface area (Å²) >= 11 is 6.24. The first kappa shape index (κ1) is 22.7. The van der Waals surface area contributed by atoms with Crippen LogP contribution in [0.3, 0.4) is 0 Å². The highest BCUT2D eigenvalue weighted by Crippen LogP contribution is 2.32. The first-order valence-corrected chi connectivity index (χ1v) is 12.2. The van der Waals surface area contributed by atoms with Gasteiger partial charge in [-0.15, -0.1) is 0 Å². The third-order valence-corrected chi connectivity index (χ3v) is 7.00. The van der Waals surface area contributed by atoms with Crippen LogP contribution in [0.25, 0.3) is 5.57 Å². The van der Waals surface area contributed by atoms with Gasteiger partial charge in [-0.1, -0.05) is 43.3 Å². The van der Waals surface area contributed by atoms with Crippen LogP contribution in [0.15, 0.2) is 54.8 Å². The third-order valence-electron chi connectivity index (χ3n) is 6.76. The topological polar surface area (TPSA) is 32.3 Å². The number of anilines is 1. The van der Waals surface area contributed by atoms with Crippen molar-refractivity contribution in [2.75, 3.05) is 18.0 Å². The maximum Gasteiger partial charge on any atom is 0.236 e. The normalized spacial score (nSPS) is 18.2. The van der Waals surface area contributed by atoms with Crippen molar-refractivity contribution >= 4 is 28.8 Å². The van der Waals surface area contributed by atoms with Crippen LogP contribution in [-0.4, -0.2) is 19.0 Å². The van der Waals surface area contributed by atoms with Gasteiger partial charge in [0.2, 0.25) is 5.91 Å². The molecule has 1 atom stereocenters. The van der Waals surface area contributed by atoms with Crippen LogP contribution in [0.1, 0.15) is 54.9 Å². The van der Waals surface area contributed by atoms with Crippen LogP contribution in [-0.2, 0) is 17.6 Å². The van der Waals surface area contributed by atoms with E-state index < -0.39 is 0 Å². The Bertz CT molecular complexity index is 1060. The molecule has 3 nitrogen and oxygen atoms in total. The highest BCUT2D eigenvalue weighted by molar-refractivity contribution is 6.30. The molecule has 1 N–H and O–H groups in total. The van der Waals surface area contributed by atoms with Gasteiger partial charge in [-0.05, 0) is 97.5 Å². The number of rotatable bonds is 8. The van der Waals surface area contributed by atoms with Crippen molar-refractivity contribution in [2.45, 2.75) is 52.4 Å². The minimum Gasteiger partial charge on any atom is -0.388 e. The number of aryl methyl sites for hydroxylation is 3. The Labute approximate surface area is 197 Å². The molecule has 2 aromatic carbocycles. The zero-order valence-electron chi connectivity index (χ0n) is 19.2. The smallest absolute Gasteiger partial charge is 0.236 e. The lowest BCUT2D eigenvalue weighted by Gasteiger charge is -2.20. The number of carbonyl (C=O) groups is 1. The van der Waals surface area contributed by atoms with Crippen molar-refractivity contribution in [1.29, 1.82) is 0 Å². The molecule has 1 aliphatic heterocycles. The number of hydrogen-bond acceptors (Lipinski definition) is 2. The molecule has 32 heavy (non-hydrogen) atoms. The van der Waals surface area contributed by atoms with Gasteiger partial charge < -0.3 is 10.2 Å². The summed E-state index contributed by atoms with van der Waals surface area (Å²) in [6.07, 6.45) is 8.42. The van der Waals surface area contributed by atoms with Gasteiger partial charge in [-0.2, -0.15) is 0 Å². The number of carbonyl (C=O) groups excluding carboxylic acids is 1. The molecule has 2 aliphatic rings. The lowest BCUT2D eigenvalue weighted by Crippen LogP contribution is -2.30. The monoisotopic (exact) mass is 448 g/mol. The molecule has 4 heteroatoms. The number of fused-ring (bicyclic) bond motifs is 1. The van der Waals surface area contributed by atoms with Gasteiger partial charge in [0.1, 0.15) is 0 Å². The number of nitrogens with one attached hydrogen (secondary N) is 1. The second-order valence-electron chi connectivity index (χ2n) is 8.94. The van der Waals surface area contributed by atoms with Gasteiger partial charge >= 0.3 is 0 Å². The maximum absolute atomic E-state index is 13.1. The first-order chi connectivity index (χ1) is 15.5. The number of hydrogen-bond donors (Lipinski definition) is 1. The van der Waals surface area contributed by atoms with Crippen LogP contribution in [0.5, 0.6) is 0 Å². The van der Waals surface area contributed by atoms with E-state index >= 15 is 0 Å². The Morgan fingerprint density at radius 1 is 1.22 bits per heavy atom. The fourth-order valence-corrected chi connectivity index (χ4v) is 5.17. The molecular weight excluding hydrogens is 416 g/mol. The summed E-state index contributed by atoms with van der Waals surface area (Å²) in [6.45, 7) is 9.99. The summed E-state index contributed by atoms with van der Waals surface area (Å²) in [4.78, 5) is 15.1. The van der Waals surface area contributed by atoms with Gasteiger partial charge in [0.25, 0.3) is 0 Å². The van der Waals surface area contributed by atoms with Gasteiger partial charge in [0.15, 0.2) is 0 Å². The Balaban J connectivity index is 1.36. The predicted molar refractivity (Wildman–Crippen MR) is 135 cm³/mol. The summed E-state index contributed by atoms with van der Waals surface area (Å²) in [5.41, 5.74) is 8.42. The molecule has 1 fully saturated rings. The molecule has 0 spiro atoms. The van der Waals surface area contributed by atoms with Crippen LogP contribution in [0.2, 0.25) is 5.02 Å². The number of nitrogens with zero attached hydrogens (tertiary/aromatic N) is 1. The molecule has 2 aromatic rings. The van der Waals surface area contributed by atoms with Crippen LogP contribution < -0.4 is 10.2 Å². The fourth-order valence-electron chi connectivity index (χ4n) is 5.00. The van der Waals surface area contributed by atoms with Gasteiger partial charge in [0, 0.05) is 29.5 Å². The quantitative estimate of drug-likeness (QED) is 0.501. The number of halogens is 1. The molecule has 1 amide bonds. The molecular formula is C28H33ClN2O. The minimum atomic E-state index is -0.158. The highest BCUT2D eigenvalue weighted by atomic mass is 35.5. The van der Waals surface area contributed by atoms with E-state index in [9.17, 15) is 4.79 Å². The number of allylic oxidation sites excluding steroid dienone is 1. The van der Waals surface area contributed by atoms with Gasteiger partial charge in [-0.25, -0.2) is 0 Å². The van der Waals surface area contributed by atoms with Crippen LogP contribution >= 0.6 is 11.6 Å². The summed E-state index contributed by atoms with van der Waals surface area (Å²) in [6, 6.07) is 12.6. The molecule has 0 bridgehead atoms. The zero-order chi connectivity index (χ0) is 22.7. The summed E-state index contributed by atoms with van der Waals surface area (Å²) in [5.74, 6) is 0.00483. The van der Waals surface area contributed by atoms with E-state index in [4.69, 9.17) is 11.6 Å². The molecule has 0 aromatic heterocycles. The lowest BCUT2D eigenvalue weighted by atomic mass is 9.97. The van der Waals surface area contributed by atoms with Crippen molar-refractivity contribution in [2.24, 2.45) is 5.92 Å². The van der Waals surface area contributed by atoms with E-state index in [1.54, 1.807) is 0 Å². The SMILES string of the molecule is C=C(NCC/C(=C/CC)c1cc(Cl)ccc1C)C1CCN(c2ccc3c(c2)CCC3)C1=O. The highest BCUT2D eigenvalue weighted by Gasteiger charge is 2.34. The summed E-state index contributed by atoms with van der Waals surface area (Å²) < 4.78 is 0. The van der Waals surface area contributed by atoms with Crippen molar-refractivity contribution in [3.63, 3.8) is 0 Å². The molecule has 1 saturated heterocycles. The van der Waals surface area contributed by atoms with E-state index in [2.05, 4.69) is 56.1 Å². The summed E-state index contributed by atoms with van der Waals surface area (Å²) in [5, 5.41) is 4.20. The van der Waals surface area contributed by atoms with Crippen molar-refractivity contribution in [1.82, 2.24) is 5.32 Å². The third kappa shape index (κ3) is 4.78. The predicted octanol–water partition coefficient (Wildman–Crippen LogP) is 6.48. The standard InChI is InChI=1S/C28H33ClN2O/c1-4-6-22(27-18-24(29)11-9-19(27)2)13-15-30-20(3)26-14-16-31(28(26)32)25-12-10-21-7-5-8-23(21)17-25/h6,9-12,17-18,26,30H,3-5,7-8,13-16H2,1-2H3/b22-6-. The van der Waals surface area contributed by atoms with E-state index in [0.29, 0.717) is 0 Å². The first-order valence-electron chi connectivity index (χ1n) is 11.8. The molecule has 0 saturated carbocycles. The molecule has 1 unspecified atom stereocenters. The van der Waals surface area contributed by atoms with Crippen LogP contribution in [0.4, 0.5) is 5.69 Å². The Hall–Kier alpha value is -2.52.